The number of nitro groups is 10. The molecule has 0 aliphatic heterocycles. The molecule has 0 aromatic heterocycles. The molecule has 10 aromatic carbocycles. The van der Waals surface area contributed by atoms with Crippen molar-refractivity contribution in [2.75, 3.05) is 18.8 Å². The van der Waals surface area contributed by atoms with Crippen molar-refractivity contribution in [1.29, 1.82) is 0 Å². The van der Waals surface area contributed by atoms with Crippen LogP contribution < -0.4 is 0 Å². The number of thioether (sulfide) groups is 3. The normalized spacial score (nSPS) is 7.66. The maximum absolute atomic E-state index is 10.7. The summed E-state index contributed by atoms with van der Waals surface area (Å²) in [6.07, 6.45) is 5.71. The molecular formula is C88H126I6N10O20S10V3Y9-9. The summed E-state index contributed by atoms with van der Waals surface area (Å²) < 4.78 is 0. The van der Waals surface area contributed by atoms with E-state index in [0.717, 1.165) is 44.1 Å². The second-order valence-corrected chi connectivity index (χ2v) is 76.1. The Morgan fingerprint density at radius 3 is 0.459 bits per heavy atom. The zero-order valence-electron chi connectivity index (χ0n) is 86.7. The molecule has 30 nitrogen and oxygen atoms in total. The summed E-state index contributed by atoms with van der Waals surface area (Å²) in [6.45, 7) is 32.0. The summed E-state index contributed by atoms with van der Waals surface area (Å²) >= 11 is 20.6. The molecule has 0 saturated heterocycles. The van der Waals surface area contributed by atoms with Gasteiger partial charge in [0.15, 0.2) is 0 Å². The number of nitrogens with zero attached hydrogens (tertiary/aromatic N) is 10. The van der Waals surface area contributed by atoms with Gasteiger partial charge in [0.1, 0.15) is 0 Å². The minimum Gasteiger partial charge on any atom is 0 e. The zero-order chi connectivity index (χ0) is 98.3. The molecule has 58 heteroatoms. The van der Waals surface area contributed by atoms with Crippen LogP contribution in [0.2, 0.25) is 0 Å². The van der Waals surface area contributed by atoms with Gasteiger partial charge in [-0.2, -0.15) is 0 Å². The van der Waals surface area contributed by atoms with Gasteiger partial charge in [-0.3, -0.25) is 101 Å². The van der Waals surface area contributed by atoms with Crippen LogP contribution in [0.3, 0.4) is 0 Å². The fraction of sp³-hybridized carbons (Fsp3) is 0.216. The minimum absolute atomic E-state index is 0. The molecule has 0 heterocycles. The molecule has 0 bridgehead atoms. The molecule has 0 fully saturated rings. The van der Waals surface area contributed by atoms with Crippen LogP contribution in [0.15, 0.2) is 292 Å². The molecule has 0 saturated carbocycles. The Morgan fingerprint density at radius 2 is 0.342 bits per heavy atom. The van der Waals surface area contributed by atoms with Crippen molar-refractivity contribution in [2.45, 2.75) is 160 Å². The fourth-order valence-electron chi connectivity index (χ4n) is 6.94. The van der Waals surface area contributed by atoms with E-state index in [1.54, 1.807) is 133 Å². The first-order chi connectivity index (χ1) is 60.2. The summed E-state index contributed by atoms with van der Waals surface area (Å²) in [4.78, 5) is 108. The predicted octanol–water partition coefficient (Wildman–Crippen LogP) is 39.0. The summed E-state index contributed by atoms with van der Waals surface area (Å²) in [5, 5.41) is 105. The molecule has 0 N–H and O–H groups in total. The van der Waals surface area contributed by atoms with E-state index in [4.69, 9.17) is 0 Å². The van der Waals surface area contributed by atoms with Crippen molar-refractivity contribution in [2.24, 2.45) is 0 Å². The van der Waals surface area contributed by atoms with Crippen LogP contribution in [0.4, 0.5) is 56.9 Å². The van der Waals surface area contributed by atoms with Crippen LogP contribution >= 0.6 is 237 Å². The van der Waals surface area contributed by atoms with Gasteiger partial charge in [-0.25, -0.2) is 0 Å². The fourth-order valence-corrected chi connectivity index (χ4v) is 14.5. The molecule has 0 unspecified atom stereocenters. The standard InChI is InChI=1S/3C12H8N2O4S2.3C7H7NO2S.C6H5NO2S.8C2H6.9CH3.6HI.3V.9Y/c3*15-13(16)9-3-1-5-11(7-9)19-20-12-6-2-4-10(8-12)14(17)18;1-11-7-4-2-6(3-5-7)8(9)10;2*1-11-7-4-2-3-6(5-7)8(9)10;8-7(9)5-2-1-3-6(10)4-5;8*1-2;;;;;;;;;;;;;;;;;;;;;;;;;;;/h3*1-8H;3*2-5H,1H3;1-4,10H;8*1-2H3;9*1H3;6*1H;;;;;;;;;;;;/q;;;;;;;;;;;;;;;9*-1;;;;;;;;+2;+3;;;;;;;;;/p-5. The van der Waals surface area contributed by atoms with Crippen LogP contribution in [0.1, 0.15) is 111 Å². The molecule has 0 atom stereocenters. The van der Waals surface area contributed by atoms with Gasteiger partial charge in [-0.1, -0.05) is 230 Å². The third-order valence-corrected chi connectivity index (χ3v) is 21.3. The van der Waals surface area contributed by atoms with E-state index >= 15 is 0 Å². The summed E-state index contributed by atoms with van der Waals surface area (Å²) in [5.41, 5.74) is 0.654. The van der Waals surface area contributed by atoms with Crippen LogP contribution in [0.5, 0.6) is 0 Å². The molecular weight excluding hydrogens is 3550 g/mol. The average Bonchev–Trinajstić information content (AvgIpc) is 0.869. The molecule has 801 valence electrons. The van der Waals surface area contributed by atoms with E-state index in [9.17, 15) is 101 Å². The quantitative estimate of drug-likeness (QED) is 0.0125. The largest absolute Gasteiger partial charge is 0 e. The molecule has 10 aromatic rings. The minimum atomic E-state index is -0.456. The topological polar surface area (TPSA) is 431 Å². The Kier molecular flexibility index (Phi) is 232. The van der Waals surface area contributed by atoms with Gasteiger partial charge in [-0.05, 0) is 85.5 Å². The van der Waals surface area contributed by atoms with Gasteiger partial charge >= 0.3 is 114 Å². The molecule has 0 amide bonds. The SMILES string of the molecule is CC.CC.CC.CC.CC.CC.CC.CC.CSc1ccc([N+](=O)[O-])cc1.CSc1cccc([N+](=O)[O-])c1.CSc1cccc([N+](=O)[O-])c1.I.O=[N+]([O-])c1cccc(S)c1.O=[N+]([O-])c1cccc(SSc2cccc([N+](=O)[O-])c2)c1.O=[N+]([O-])c1cccc(SSc2cccc([N+](=O)[O-])c2)c1.O=[N+]([O-])c1cccc(SSc2cccc([N+](=O)[O-])c2)c1.[CH3-].[CH3-].[CH3-].[CH3-].[CH3-].[CH3-].[CH3-].[CH3-].[CH3-].[I][V]([I])[I].[I][V][I].[V].[Y].[Y].[Y].[Y].[Y].[Y].[Y].[Y].[Y]. The van der Waals surface area contributed by atoms with Gasteiger partial charge in [0, 0.05) is 483 Å². The second-order valence-electron chi connectivity index (χ2n) is 18.9. The Hall–Kier alpha value is 5.77. The molecule has 146 heavy (non-hydrogen) atoms. The maximum atomic E-state index is 10.7. The second kappa shape index (κ2) is 153. The smallest absolute Gasteiger partial charge is 0 e. The maximum Gasteiger partial charge on any atom is 0 e. The number of non-ortho nitro benzene ring substituents is 10. The molecule has 10 rings (SSSR count). The van der Waals surface area contributed by atoms with Gasteiger partial charge in [0.25, 0.3) is 56.9 Å². The third-order valence-electron chi connectivity index (χ3n) is 11.7. The number of benzene rings is 10. The molecule has 10 radical (unpaired) electrons. The van der Waals surface area contributed by atoms with Crippen molar-refractivity contribution in [3.8, 4) is 0 Å². The van der Waals surface area contributed by atoms with Crippen molar-refractivity contribution < 1.29 is 377 Å². The van der Waals surface area contributed by atoms with E-state index in [1.807, 2.05) is 142 Å². The number of hydrogen-bond acceptors (Lipinski definition) is 30. The van der Waals surface area contributed by atoms with E-state index in [0.29, 0.717) is 14.4 Å². The zero-order valence-corrected chi connectivity index (χ0v) is 138. The van der Waals surface area contributed by atoms with Crippen molar-refractivity contribution in [1.82, 2.24) is 0 Å². The predicted molar refractivity (Wildman–Crippen MR) is 643 cm³/mol. The molecule has 0 spiro atoms. The van der Waals surface area contributed by atoms with Crippen LogP contribution in [-0.4, -0.2) is 68.0 Å². The Morgan fingerprint density at radius 1 is 0.226 bits per heavy atom. The first-order valence-corrected chi connectivity index (χ1v) is 69.8. The van der Waals surface area contributed by atoms with Gasteiger partial charge in [0.05, 0.1) is 49.2 Å². The monoisotopic (exact) mass is 3680 g/mol. The van der Waals surface area contributed by atoms with E-state index in [1.165, 1.54) is 197 Å². The van der Waals surface area contributed by atoms with Gasteiger partial charge in [0.2, 0.25) is 0 Å². The van der Waals surface area contributed by atoms with Crippen LogP contribution in [-0.2, 0) is 327 Å². The number of hydrogen-bond donors (Lipinski definition) is 1. The average molecular weight is 3680 g/mol. The number of halogens is 6. The van der Waals surface area contributed by atoms with E-state index in [-0.39, 0.29) is 475 Å². The number of nitro benzene ring substituents is 10. The van der Waals surface area contributed by atoms with E-state index < -0.39 is 39.4 Å². The van der Waals surface area contributed by atoms with Crippen molar-refractivity contribution in [3.05, 3.63) is 411 Å². The van der Waals surface area contributed by atoms with Crippen molar-refractivity contribution in [3.63, 3.8) is 0 Å². The van der Waals surface area contributed by atoms with Gasteiger partial charge in [-0.15, -0.1) is 71.9 Å². The van der Waals surface area contributed by atoms with E-state index in [2.05, 4.69) is 113 Å². The van der Waals surface area contributed by atoms with Crippen LogP contribution in [0, 0.1) is 168 Å². The summed E-state index contributed by atoms with van der Waals surface area (Å²) in [7, 11) is 8.52. The number of rotatable bonds is 22. The molecule has 0 aliphatic carbocycles. The Bertz CT molecular complexity index is 4310. The van der Waals surface area contributed by atoms with Crippen LogP contribution in [0.25, 0.3) is 0 Å². The summed E-state index contributed by atoms with van der Waals surface area (Å²) in [5.74, 6) is 0. The van der Waals surface area contributed by atoms with Gasteiger partial charge < -0.3 is 66.8 Å². The third kappa shape index (κ3) is 119. The van der Waals surface area contributed by atoms with Crippen molar-refractivity contribution >= 4 is 293 Å². The first kappa shape index (κ1) is 222. The summed E-state index contributed by atoms with van der Waals surface area (Å²) in [6, 6.07) is 63.2. The number of thiol groups is 1. The first-order valence-electron chi connectivity index (χ1n) is 36.7. The Labute approximate surface area is 1230 Å². The molecule has 0 aliphatic rings. The Balaban J connectivity index is -0.0000000433.